The van der Waals surface area contributed by atoms with Crippen molar-refractivity contribution in [2.75, 3.05) is 0 Å². The van der Waals surface area contributed by atoms with Gasteiger partial charge in [0.05, 0.1) is 16.4 Å². The maximum absolute atomic E-state index is 12.0. The third-order valence-corrected chi connectivity index (χ3v) is 5.57. The van der Waals surface area contributed by atoms with Crippen molar-refractivity contribution in [2.24, 2.45) is 0 Å². The van der Waals surface area contributed by atoms with Crippen molar-refractivity contribution >= 4 is 27.1 Å². The van der Waals surface area contributed by atoms with Gasteiger partial charge in [0.25, 0.3) is 0 Å². The van der Waals surface area contributed by atoms with E-state index < -0.39 is 15.3 Å². The summed E-state index contributed by atoms with van der Waals surface area (Å²) in [5.74, 6) is 0.0825. The fourth-order valence-electron chi connectivity index (χ4n) is 1.46. The number of thiophene rings is 1. The summed E-state index contributed by atoms with van der Waals surface area (Å²) in [4.78, 5) is 13.3. The van der Waals surface area contributed by atoms with E-state index in [1.165, 1.54) is 17.6 Å². The lowest BCUT2D eigenvalue weighted by Gasteiger charge is -2.07. The van der Waals surface area contributed by atoms with Gasteiger partial charge in [0.2, 0.25) is 15.8 Å². The molecule has 2 aromatic heterocycles. The van der Waals surface area contributed by atoms with E-state index in [4.69, 9.17) is 4.42 Å². The van der Waals surface area contributed by atoms with Crippen LogP contribution in [0.15, 0.2) is 34.9 Å². The molecule has 2 heterocycles. The Morgan fingerprint density at radius 2 is 2.10 bits per heavy atom. The summed E-state index contributed by atoms with van der Waals surface area (Å²) in [6.07, 6.45) is 1.44. The Morgan fingerprint density at radius 1 is 1.35 bits per heavy atom. The van der Waals surface area contributed by atoms with Gasteiger partial charge in [-0.3, -0.25) is 4.79 Å². The molecule has 0 aliphatic carbocycles. The van der Waals surface area contributed by atoms with Gasteiger partial charge in [0.1, 0.15) is 0 Å². The van der Waals surface area contributed by atoms with Crippen LogP contribution in [0.4, 0.5) is 0 Å². The number of carbonyl (C=O) groups is 1. The van der Waals surface area contributed by atoms with Crippen molar-refractivity contribution in [1.29, 1.82) is 0 Å². The Bertz CT molecular complexity index is 684. The standard InChI is InChI=1S/C13H15NO4S2/c1-9(2)20(16,17)14-8-10-5-6-12(19-10)13(15)11-4-3-7-18-11/h3-7,9,14H,8H2,1-2H3. The molecule has 0 fully saturated rings. The summed E-state index contributed by atoms with van der Waals surface area (Å²) in [7, 11) is -3.30. The van der Waals surface area contributed by atoms with Crippen LogP contribution in [0.1, 0.15) is 34.2 Å². The van der Waals surface area contributed by atoms with Crippen molar-refractivity contribution < 1.29 is 17.6 Å². The van der Waals surface area contributed by atoms with E-state index in [-0.39, 0.29) is 18.1 Å². The first kappa shape index (κ1) is 15.0. The number of ketones is 1. The van der Waals surface area contributed by atoms with E-state index in [0.717, 1.165) is 4.88 Å². The van der Waals surface area contributed by atoms with Crippen molar-refractivity contribution in [2.45, 2.75) is 25.6 Å². The van der Waals surface area contributed by atoms with E-state index >= 15 is 0 Å². The molecule has 0 saturated carbocycles. The minimum absolute atomic E-state index is 0.191. The average molecular weight is 313 g/mol. The van der Waals surface area contributed by atoms with Gasteiger partial charge in [-0.05, 0) is 38.1 Å². The Morgan fingerprint density at radius 3 is 2.70 bits per heavy atom. The van der Waals surface area contributed by atoms with Crippen molar-refractivity contribution in [1.82, 2.24) is 4.72 Å². The first-order valence-electron chi connectivity index (χ1n) is 6.05. The highest BCUT2D eigenvalue weighted by Crippen LogP contribution is 2.20. The predicted octanol–water partition coefficient (Wildman–Crippen LogP) is 2.40. The fourth-order valence-corrected chi connectivity index (χ4v) is 3.14. The SMILES string of the molecule is CC(C)S(=O)(=O)NCc1ccc(C(=O)c2ccco2)s1. The molecule has 0 saturated heterocycles. The Hall–Kier alpha value is -1.44. The topological polar surface area (TPSA) is 76.4 Å². The smallest absolute Gasteiger partial charge is 0.238 e. The van der Waals surface area contributed by atoms with E-state index in [0.29, 0.717) is 4.88 Å². The summed E-state index contributed by atoms with van der Waals surface area (Å²) in [6.45, 7) is 3.42. The summed E-state index contributed by atoms with van der Waals surface area (Å²) < 4.78 is 30.8. The zero-order valence-electron chi connectivity index (χ0n) is 11.1. The molecule has 2 aromatic rings. The summed E-state index contributed by atoms with van der Waals surface area (Å²) in [5.41, 5.74) is 0. The molecule has 1 N–H and O–H groups in total. The third-order valence-electron chi connectivity index (χ3n) is 2.70. The Kier molecular flexibility index (Phi) is 4.42. The molecule has 0 aliphatic heterocycles. The molecule has 108 valence electrons. The normalized spacial score (nSPS) is 11.9. The Labute approximate surface area is 121 Å². The van der Waals surface area contributed by atoms with Gasteiger partial charge in [-0.25, -0.2) is 13.1 Å². The average Bonchev–Trinajstić information content (AvgIpc) is 3.07. The molecule has 20 heavy (non-hydrogen) atoms. The van der Waals surface area contributed by atoms with Crippen LogP contribution in [-0.2, 0) is 16.6 Å². The van der Waals surface area contributed by atoms with Gasteiger partial charge < -0.3 is 4.42 Å². The van der Waals surface area contributed by atoms with Crippen LogP contribution < -0.4 is 4.72 Å². The summed E-state index contributed by atoms with van der Waals surface area (Å²) >= 11 is 1.26. The summed E-state index contributed by atoms with van der Waals surface area (Å²) in [5, 5.41) is -0.480. The summed E-state index contributed by atoms with van der Waals surface area (Å²) in [6, 6.07) is 6.67. The first-order chi connectivity index (χ1) is 9.40. The second-order valence-corrected chi connectivity index (χ2v) is 7.98. The van der Waals surface area contributed by atoms with Gasteiger partial charge in [0, 0.05) is 11.4 Å². The highest BCUT2D eigenvalue weighted by Gasteiger charge is 2.17. The fraction of sp³-hybridized carbons (Fsp3) is 0.308. The lowest BCUT2D eigenvalue weighted by Crippen LogP contribution is -2.29. The van der Waals surface area contributed by atoms with Gasteiger partial charge in [-0.2, -0.15) is 0 Å². The van der Waals surface area contributed by atoms with Crippen molar-refractivity contribution in [3.05, 3.63) is 46.0 Å². The van der Waals surface area contributed by atoms with Crippen LogP contribution in [0, 0.1) is 0 Å². The number of carbonyl (C=O) groups excluding carboxylic acids is 1. The van der Waals surface area contributed by atoms with E-state index in [1.54, 1.807) is 38.1 Å². The van der Waals surface area contributed by atoms with Crippen molar-refractivity contribution in [3.8, 4) is 0 Å². The quantitative estimate of drug-likeness (QED) is 0.831. The zero-order chi connectivity index (χ0) is 14.8. The number of furan rings is 1. The number of nitrogens with one attached hydrogen (secondary N) is 1. The predicted molar refractivity (Wildman–Crippen MR) is 77.4 cm³/mol. The maximum atomic E-state index is 12.0. The first-order valence-corrected chi connectivity index (χ1v) is 8.42. The van der Waals surface area contributed by atoms with Crippen LogP contribution in [0.5, 0.6) is 0 Å². The lowest BCUT2D eigenvalue weighted by atomic mass is 10.2. The van der Waals surface area contributed by atoms with Gasteiger partial charge >= 0.3 is 0 Å². The monoisotopic (exact) mass is 313 g/mol. The van der Waals surface area contributed by atoms with Crippen molar-refractivity contribution in [3.63, 3.8) is 0 Å². The van der Waals surface area contributed by atoms with Crippen LogP contribution >= 0.6 is 11.3 Å². The minimum Gasteiger partial charge on any atom is -0.461 e. The molecule has 0 bridgehead atoms. The molecule has 0 unspecified atom stereocenters. The molecule has 0 spiro atoms. The highest BCUT2D eigenvalue weighted by atomic mass is 32.2. The van der Waals surface area contributed by atoms with Crippen LogP contribution in [0.25, 0.3) is 0 Å². The highest BCUT2D eigenvalue weighted by molar-refractivity contribution is 7.90. The molecule has 0 aromatic carbocycles. The number of hydrogen-bond acceptors (Lipinski definition) is 5. The molecule has 0 atom stereocenters. The molecule has 2 rings (SSSR count). The molecule has 5 nitrogen and oxygen atoms in total. The largest absolute Gasteiger partial charge is 0.461 e. The van der Waals surface area contributed by atoms with Gasteiger partial charge in [-0.15, -0.1) is 11.3 Å². The molecule has 0 aliphatic rings. The zero-order valence-corrected chi connectivity index (χ0v) is 12.8. The second-order valence-electron chi connectivity index (χ2n) is 4.49. The van der Waals surface area contributed by atoms with Crippen LogP contribution in [0.3, 0.4) is 0 Å². The van der Waals surface area contributed by atoms with Crippen LogP contribution in [-0.4, -0.2) is 19.5 Å². The molecule has 7 heteroatoms. The van der Waals surface area contributed by atoms with Gasteiger partial charge in [0.15, 0.2) is 5.76 Å². The third kappa shape index (κ3) is 3.36. The van der Waals surface area contributed by atoms with E-state index in [9.17, 15) is 13.2 Å². The minimum atomic E-state index is -3.30. The lowest BCUT2D eigenvalue weighted by molar-refractivity contribution is 0.101. The number of hydrogen-bond donors (Lipinski definition) is 1. The van der Waals surface area contributed by atoms with E-state index in [2.05, 4.69) is 4.72 Å². The van der Waals surface area contributed by atoms with E-state index in [1.807, 2.05) is 0 Å². The Balaban J connectivity index is 2.05. The molecule has 0 radical (unpaired) electrons. The molecular formula is C13H15NO4S2. The second kappa shape index (κ2) is 5.90. The van der Waals surface area contributed by atoms with Gasteiger partial charge in [-0.1, -0.05) is 0 Å². The number of rotatable bonds is 6. The maximum Gasteiger partial charge on any atom is 0.238 e. The number of sulfonamides is 1. The van der Waals surface area contributed by atoms with Crippen LogP contribution in [0.2, 0.25) is 0 Å². The molecule has 0 amide bonds. The molecular weight excluding hydrogens is 298 g/mol.